The van der Waals surface area contributed by atoms with Crippen molar-refractivity contribution in [1.82, 2.24) is 29.5 Å². The van der Waals surface area contributed by atoms with Crippen molar-refractivity contribution in [3.63, 3.8) is 0 Å². The van der Waals surface area contributed by atoms with E-state index >= 15 is 0 Å². The number of likely N-dealkylation sites (tertiary alicyclic amines) is 1. The highest BCUT2D eigenvalue weighted by molar-refractivity contribution is 6.30. The summed E-state index contributed by atoms with van der Waals surface area (Å²) in [7, 11) is 1.74. The number of fused-ring (bicyclic) bond motifs is 1. The molecule has 2 N–H and O–H groups in total. The topological polar surface area (TPSA) is 122 Å². The number of rotatable bonds is 6. The fourth-order valence-electron chi connectivity index (χ4n) is 4.71. The normalized spacial score (nSPS) is 14.4. The SMILES string of the molecule is Cn1cc(-c2c[nH]c3c(cc(C(=O)NCc4ccc(Cl)cc4)c(=O)n3CC(=O)N3CC(C)(C)C3)c2=O)cn1. The minimum Gasteiger partial charge on any atom is -0.348 e. The minimum absolute atomic E-state index is 0.0129. The molecular formula is C27H27ClN6O4. The molecule has 0 spiro atoms. The Hall–Kier alpha value is -4.18. The summed E-state index contributed by atoms with van der Waals surface area (Å²) >= 11 is 5.93. The Bertz CT molecular complexity index is 1670. The number of pyridine rings is 2. The van der Waals surface area contributed by atoms with Gasteiger partial charge >= 0.3 is 0 Å². The van der Waals surface area contributed by atoms with Gasteiger partial charge < -0.3 is 15.2 Å². The van der Waals surface area contributed by atoms with E-state index in [4.69, 9.17) is 11.6 Å². The van der Waals surface area contributed by atoms with E-state index in [1.165, 1.54) is 16.8 Å². The van der Waals surface area contributed by atoms with Gasteiger partial charge in [0.25, 0.3) is 11.5 Å². The maximum Gasteiger partial charge on any atom is 0.265 e. The fraction of sp³-hybridized carbons (Fsp3) is 0.296. The van der Waals surface area contributed by atoms with E-state index in [0.29, 0.717) is 29.2 Å². The summed E-state index contributed by atoms with van der Waals surface area (Å²) in [4.78, 5) is 57.9. The van der Waals surface area contributed by atoms with Crippen LogP contribution in [-0.4, -0.2) is 49.1 Å². The summed E-state index contributed by atoms with van der Waals surface area (Å²) in [6.07, 6.45) is 4.75. The zero-order valence-electron chi connectivity index (χ0n) is 21.2. The van der Waals surface area contributed by atoms with E-state index < -0.39 is 11.5 Å². The molecular weight excluding hydrogens is 508 g/mol. The maximum atomic E-state index is 13.5. The van der Waals surface area contributed by atoms with Gasteiger partial charge in [-0.05, 0) is 29.2 Å². The summed E-state index contributed by atoms with van der Waals surface area (Å²) in [5, 5.41) is 7.54. The fourth-order valence-corrected chi connectivity index (χ4v) is 4.84. The van der Waals surface area contributed by atoms with Crippen molar-refractivity contribution in [2.75, 3.05) is 13.1 Å². The Morgan fingerprint density at radius 2 is 1.87 bits per heavy atom. The second-order valence-electron chi connectivity index (χ2n) is 10.4. The van der Waals surface area contributed by atoms with E-state index in [9.17, 15) is 19.2 Å². The van der Waals surface area contributed by atoms with Gasteiger partial charge in [0.05, 0.1) is 11.6 Å². The summed E-state index contributed by atoms with van der Waals surface area (Å²) in [6.45, 7) is 5.11. The summed E-state index contributed by atoms with van der Waals surface area (Å²) in [6, 6.07) is 8.22. The number of hydrogen-bond acceptors (Lipinski definition) is 5. The Kier molecular flexibility index (Phi) is 6.44. The van der Waals surface area contributed by atoms with Crippen LogP contribution in [0, 0.1) is 5.41 Å². The first-order valence-electron chi connectivity index (χ1n) is 12.1. The number of aromatic amines is 1. The minimum atomic E-state index is -0.663. The highest BCUT2D eigenvalue weighted by Crippen LogP contribution is 2.28. The molecule has 2 amide bonds. The van der Waals surface area contributed by atoms with Crippen molar-refractivity contribution in [3.05, 3.63) is 85.6 Å². The van der Waals surface area contributed by atoms with E-state index in [1.54, 1.807) is 53.3 Å². The second-order valence-corrected chi connectivity index (χ2v) is 10.8. The summed E-state index contributed by atoms with van der Waals surface area (Å²) in [5.74, 6) is -0.909. The van der Waals surface area contributed by atoms with Gasteiger partial charge in [-0.25, -0.2) is 0 Å². The number of aryl methyl sites for hydroxylation is 1. The number of nitrogens with zero attached hydrogens (tertiary/aromatic N) is 4. The molecule has 0 unspecified atom stereocenters. The van der Waals surface area contributed by atoms with Crippen LogP contribution in [-0.2, 0) is 24.9 Å². The standard InChI is InChI=1S/C27H27ClN6O4/c1-27(2)14-33(15-27)22(35)13-34-24-19(23(36)21(11-29-24)17-10-31-32(3)12-17)8-20(26(34)38)25(37)30-9-16-4-6-18(28)7-5-16/h4-8,10-12H,9,13-15H2,1-3H3,(H,29,36)(H,30,37). The molecule has 0 bridgehead atoms. The third kappa shape index (κ3) is 4.87. The first kappa shape index (κ1) is 25.5. The van der Waals surface area contributed by atoms with Crippen LogP contribution in [0.25, 0.3) is 22.2 Å². The Morgan fingerprint density at radius 3 is 2.50 bits per heavy atom. The number of carbonyl (C=O) groups is 2. The number of benzene rings is 1. The van der Waals surface area contributed by atoms with Crippen molar-refractivity contribution < 1.29 is 9.59 Å². The van der Waals surface area contributed by atoms with E-state index in [0.717, 1.165) is 5.56 Å². The lowest BCUT2D eigenvalue weighted by atomic mass is 9.84. The molecule has 0 radical (unpaired) electrons. The number of halogens is 1. The zero-order chi connectivity index (χ0) is 27.2. The second kappa shape index (κ2) is 9.60. The van der Waals surface area contributed by atoms with Gasteiger partial charge in [-0.3, -0.25) is 28.4 Å². The smallest absolute Gasteiger partial charge is 0.265 e. The monoisotopic (exact) mass is 534 g/mol. The van der Waals surface area contributed by atoms with Gasteiger partial charge in [0.1, 0.15) is 17.8 Å². The van der Waals surface area contributed by atoms with Crippen LogP contribution < -0.4 is 16.3 Å². The molecule has 1 saturated heterocycles. The number of amides is 2. The molecule has 1 aromatic carbocycles. The highest BCUT2D eigenvalue weighted by atomic mass is 35.5. The van der Waals surface area contributed by atoms with Crippen molar-refractivity contribution in [1.29, 1.82) is 0 Å². The van der Waals surface area contributed by atoms with Gasteiger partial charge in [-0.1, -0.05) is 37.6 Å². The van der Waals surface area contributed by atoms with Crippen LogP contribution in [0.15, 0.2) is 58.5 Å². The zero-order valence-corrected chi connectivity index (χ0v) is 22.0. The lowest BCUT2D eigenvalue weighted by molar-refractivity contribution is -0.142. The van der Waals surface area contributed by atoms with Crippen molar-refractivity contribution >= 4 is 34.4 Å². The molecule has 5 rings (SSSR count). The van der Waals surface area contributed by atoms with Crippen molar-refractivity contribution in [2.45, 2.75) is 26.9 Å². The van der Waals surface area contributed by atoms with Gasteiger partial charge in [-0.15, -0.1) is 0 Å². The summed E-state index contributed by atoms with van der Waals surface area (Å²) < 4.78 is 2.75. The van der Waals surface area contributed by atoms with Crippen molar-refractivity contribution in [2.24, 2.45) is 12.5 Å². The first-order chi connectivity index (χ1) is 18.0. The first-order valence-corrected chi connectivity index (χ1v) is 12.5. The van der Waals surface area contributed by atoms with Gasteiger partial charge in [-0.2, -0.15) is 5.10 Å². The number of carbonyl (C=O) groups excluding carboxylic acids is 2. The lowest BCUT2D eigenvalue weighted by Crippen LogP contribution is -2.56. The summed E-state index contributed by atoms with van der Waals surface area (Å²) in [5.41, 5.74) is 0.621. The molecule has 10 nitrogen and oxygen atoms in total. The Balaban J connectivity index is 1.56. The average Bonchev–Trinajstić information content (AvgIpc) is 3.29. The van der Waals surface area contributed by atoms with Crippen LogP contribution in [0.4, 0.5) is 0 Å². The van der Waals surface area contributed by atoms with Crippen LogP contribution in [0.2, 0.25) is 5.02 Å². The molecule has 3 aromatic heterocycles. The number of hydrogen-bond donors (Lipinski definition) is 2. The molecule has 4 heterocycles. The van der Waals surface area contributed by atoms with Gasteiger partial charge in [0.15, 0.2) is 5.43 Å². The van der Waals surface area contributed by atoms with Crippen LogP contribution >= 0.6 is 11.6 Å². The van der Waals surface area contributed by atoms with Crippen LogP contribution in [0.5, 0.6) is 0 Å². The van der Waals surface area contributed by atoms with Gasteiger partial charge in [0.2, 0.25) is 5.91 Å². The molecule has 1 fully saturated rings. The molecule has 1 aliphatic heterocycles. The van der Waals surface area contributed by atoms with Crippen LogP contribution in [0.1, 0.15) is 29.8 Å². The predicted molar refractivity (Wildman–Crippen MR) is 144 cm³/mol. The number of aromatic nitrogens is 4. The molecule has 196 valence electrons. The third-order valence-corrected chi connectivity index (χ3v) is 6.89. The van der Waals surface area contributed by atoms with E-state index in [2.05, 4.69) is 29.2 Å². The van der Waals surface area contributed by atoms with Crippen molar-refractivity contribution in [3.8, 4) is 11.1 Å². The Labute approximate surface area is 222 Å². The van der Waals surface area contributed by atoms with Crippen LogP contribution in [0.3, 0.4) is 0 Å². The Morgan fingerprint density at radius 1 is 1.16 bits per heavy atom. The molecule has 1 aliphatic rings. The lowest BCUT2D eigenvalue weighted by Gasteiger charge is -2.45. The molecule has 4 aromatic rings. The molecule has 0 aliphatic carbocycles. The average molecular weight is 535 g/mol. The molecule has 11 heteroatoms. The molecule has 38 heavy (non-hydrogen) atoms. The van der Waals surface area contributed by atoms with Gasteiger partial charge in [0, 0.05) is 55.2 Å². The van der Waals surface area contributed by atoms with E-state index in [1.807, 2.05) is 0 Å². The number of H-pyrrole nitrogens is 1. The highest BCUT2D eigenvalue weighted by Gasteiger charge is 2.37. The number of nitrogens with one attached hydrogen (secondary N) is 2. The van der Waals surface area contributed by atoms with E-state index in [-0.39, 0.29) is 46.4 Å². The quantitative estimate of drug-likeness (QED) is 0.393. The molecule has 0 atom stereocenters. The predicted octanol–water partition coefficient (Wildman–Crippen LogP) is 2.54. The molecule has 0 saturated carbocycles. The third-order valence-electron chi connectivity index (χ3n) is 6.64. The maximum absolute atomic E-state index is 13.5. The largest absolute Gasteiger partial charge is 0.348 e.